The summed E-state index contributed by atoms with van der Waals surface area (Å²) in [5.74, 6) is 1.66. The molecule has 5 rings (SSSR count). The van der Waals surface area contributed by atoms with E-state index in [-0.39, 0.29) is 5.91 Å². The highest BCUT2D eigenvalue weighted by Gasteiger charge is 2.20. The van der Waals surface area contributed by atoms with Crippen LogP contribution in [0.15, 0.2) is 42.7 Å². The highest BCUT2D eigenvalue weighted by Crippen LogP contribution is 2.29. The fraction of sp³-hybridized carbons (Fsp3) is 0.448. The summed E-state index contributed by atoms with van der Waals surface area (Å²) in [6.45, 7) is 6.76. The number of rotatable bonds is 8. The molecule has 0 aliphatic carbocycles. The van der Waals surface area contributed by atoms with Crippen LogP contribution in [0.1, 0.15) is 44.6 Å². The van der Waals surface area contributed by atoms with Gasteiger partial charge in [-0.2, -0.15) is 0 Å². The van der Waals surface area contributed by atoms with Gasteiger partial charge in [-0.05, 0) is 80.9 Å². The van der Waals surface area contributed by atoms with Gasteiger partial charge in [0.25, 0.3) is 0 Å². The normalized spacial score (nSPS) is 16.7. The van der Waals surface area contributed by atoms with Gasteiger partial charge in [0.05, 0.1) is 18.1 Å². The molecule has 4 heterocycles. The van der Waals surface area contributed by atoms with Gasteiger partial charge < -0.3 is 15.0 Å². The van der Waals surface area contributed by atoms with Crippen LogP contribution in [-0.2, 0) is 11.3 Å². The van der Waals surface area contributed by atoms with E-state index in [1.54, 1.807) is 25.4 Å². The van der Waals surface area contributed by atoms with E-state index in [9.17, 15) is 9.18 Å². The Bertz CT molecular complexity index is 1260. The molecule has 1 aromatic carbocycles. The number of aromatic nitrogens is 3. The Morgan fingerprint density at radius 3 is 2.49 bits per heavy atom. The molecule has 2 aromatic heterocycles. The minimum atomic E-state index is -0.421. The number of nitrogens with one attached hydrogen (secondary N) is 1. The standard InChI is InChI=1S/C29H34ClFN6O2/c1-20(38)32-16-21-5-9-36(10-6-21)19-22-11-27(23-13-24(30)15-25(31)14-23)35-28(12-22)39-26-17-33-29(34-18-26)37-7-3-2-4-8-37/h11-15,17-18,21H,2-10,16,19H2,1H3,(H,32,38). The van der Waals surface area contributed by atoms with Crippen LogP contribution in [-0.4, -0.2) is 58.5 Å². The van der Waals surface area contributed by atoms with Gasteiger partial charge in [0.1, 0.15) is 5.82 Å². The maximum absolute atomic E-state index is 14.2. The molecular formula is C29H34ClFN6O2. The van der Waals surface area contributed by atoms with Gasteiger partial charge in [-0.3, -0.25) is 9.69 Å². The quantitative estimate of drug-likeness (QED) is 0.397. The lowest BCUT2D eigenvalue weighted by molar-refractivity contribution is -0.119. The largest absolute Gasteiger partial charge is 0.436 e. The zero-order valence-corrected chi connectivity index (χ0v) is 23.0. The summed E-state index contributed by atoms with van der Waals surface area (Å²) < 4.78 is 20.3. The average molecular weight is 553 g/mol. The Balaban J connectivity index is 1.33. The summed E-state index contributed by atoms with van der Waals surface area (Å²) >= 11 is 6.15. The minimum Gasteiger partial charge on any atom is -0.436 e. The van der Waals surface area contributed by atoms with Crippen molar-refractivity contribution in [3.63, 3.8) is 0 Å². The Hall–Kier alpha value is -3.30. The molecule has 8 nitrogen and oxygen atoms in total. The van der Waals surface area contributed by atoms with Crippen LogP contribution in [0.25, 0.3) is 11.3 Å². The van der Waals surface area contributed by atoms with E-state index in [1.807, 2.05) is 12.1 Å². The van der Waals surface area contributed by atoms with Crippen molar-refractivity contribution in [2.75, 3.05) is 37.6 Å². The lowest BCUT2D eigenvalue weighted by Gasteiger charge is -2.32. The van der Waals surface area contributed by atoms with Crippen molar-refractivity contribution in [2.45, 2.75) is 45.6 Å². The van der Waals surface area contributed by atoms with E-state index in [4.69, 9.17) is 16.3 Å². The summed E-state index contributed by atoms with van der Waals surface area (Å²) in [4.78, 5) is 29.5. The third-order valence-corrected chi connectivity index (χ3v) is 7.47. The van der Waals surface area contributed by atoms with E-state index in [1.165, 1.54) is 18.6 Å². The number of piperidine rings is 2. The lowest BCUT2D eigenvalue weighted by Crippen LogP contribution is -2.37. The van der Waals surface area contributed by atoms with Gasteiger partial charge >= 0.3 is 0 Å². The number of anilines is 1. The molecule has 2 fully saturated rings. The maximum atomic E-state index is 14.2. The van der Waals surface area contributed by atoms with Crippen LogP contribution in [0.3, 0.4) is 0 Å². The number of pyridine rings is 1. The molecular weight excluding hydrogens is 519 g/mol. The van der Waals surface area contributed by atoms with E-state index in [0.717, 1.165) is 64.0 Å². The Morgan fingerprint density at radius 1 is 1.05 bits per heavy atom. The summed E-state index contributed by atoms with van der Waals surface area (Å²) in [6.07, 6.45) is 8.92. The Kier molecular flexibility index (Phi) is 8.88. The van der Waals surface area contributed by atoms with Crippen molar-refractivity contribution in [3.05, 3.63) is 59.1 Å². The van der Waals surface area contributed by atoms with E-state index in [0.29, 0.717) is 46.3 Å². The third kappa shape index (κ3) is 7.64. The molecule has 0 atom stereocenters. The number of carbonyl (C=O) groups is 1. The van der Waals surface area contributed by atoms with Crippen molar-refractivity contribution in [1.29, 1.82) is 0 Å². The van der Waals surface area contributed by atoms with Gasteiger partial charge in [-0.15, -0.1) is 0 Å². The molecule has 206 valence electrons. The molecule has 39 heavy (non-hydrogen) atoms. The fourth-order valence-corrected chi connectivity index (χ4v) is 5.41. The van der Waals surface area contributed by atoms with Crippen LogP contribution < -0.4 is 15.0 Å². The first-order valence-electron chi connectivity index (χ1n) is 13.6. The third-order valence-electron chi connectivity index (χ3n) is 7.25. The summed E-state index contributed by atoms with van der Waals surface area (Å²) in [5.41, 5.74) is 2.16. The van der Waals surface area contributed by atoms with Crippen LogP contribution in [0, 0.1) is 11.7 Å². The number of amides is 1. The zero-order valence-electron chi connectivity index (χ0n) is 22.2. The van der Waals surface area contributed by atoms with Crippen LogP contribution >= 0.6 is 11.6 Å². The highest BCUT2D eigenvalue weighted by molar-refractivity contribution is 6.30. The average Bonchev–Trinajstić information content (AvgIpc) is 2.93. The summed E-state index contributed by atoms with van der Waals surface area (Å²) in [5, 5.41) is 3.24. The topological polar surface area (TPSA) is 83.5 Å². The molecule has 3 aromatic rings. The van der Waals surface area contributed by atoms with Gasteiger partial charge in [0, 0.05) is 49.8 Å². The number of hydrogen-bond donors (Lipinski definition) is 1. The van der Waals surface area contributed by atoms with Crippen molar-refractivity contribution < 1.29 is 13.9 Å². The molecule has 2 aliphatic rings. The first-order valence-corrected chi connectivity index (χ1v) is 14.0. The van der Waals surface area contributed by atoms with E-state index >= 15 is 0 Å². The predicted octanol–water partition coefficient (Wildman–Crippen LogP) is 5.46. The number of hydrogen-bond acceptors (Lipinski definition) is 7. The maximum Gasteiger partial charge on any atom is 0.225 e. The summed E-state index contributed by atoms with van der Waals surface area (Å²) in [7, 11) is 0. The molecule has 0 unspecified atom stereocenters. The smallest absolute Gasteiger partial charge is 0.225 e. The first kappa shape index (κ1) is 27.3. The molecule has 0 spiro atoms. The fourth-order valence-electron chi connectivity index (χ4n) is 5.19. The van der Waals surface area contributed by atoms with Gasteiger partial charge in [0.15, 0.2) is 5.75 Å². The van der Waals surface area contributed by atoms with Gasteiger partial charge in [-0.25, -0.2) is 19.3 Å². The van der Waals surface area contributed by atoms with E-state index in [2.05, 4.69) is 30.1 Å². The van der Waals surface area contributed by atoms with Crippen LogP contribution in [0.4, 0.5) is 10.3 Å². The molecule has 10 heteroatoms. The van der Waals surface area contributed by atoms with Crippen LogP contribution in [0.5, 0.6) is 11.6 Å². The highest BCUT2D eigenvalue weighted by atomic mass is 35.5. The van der Waals surface area contributed by atoms with Crippen molar-refractivity contribution in [2.24, 2.45) is 5.92 Å². The summed E-state index contributed by atoms with van der Waals surface area (Å²) in [6, 6.07) is 8.26. The Labute approximate surface area is 233 Å². The second kappa shape index (κ2) is 12.7. The molecule has 2 saturated heterocycles. The molecule has 0 saturated carbocycles. The van der Waals surface area contributed by atoms with E-state index < -0.39 is 5.82 Å². The minimum absolute atomic E-state index is 0.0123. The number of nitrogens with zero attached hydrogens (tertiary/aromatic N) is 5. The Morgan fingerprint density at radius 2 is 1.79 bits per heavy atom. The lowest BCUT2D eigenvalue weighted by atomic mass is 9.96. The van der Waals surface area contributed by atoms with Crippen LogP contribution in [0.2, 0.25) is 5.02 Å². The number of likely N-dealkylation sites (tertiary alicyclic amines) is 1. The van der Waals surface area contributed by atoms with Gasteiger partial charge in [-0.1, -0.05) is 11.6 Å². The predicted molar refractivity (Wildman–Crippen MR) is 149 cm³/mol. The second-order valence-corrected chi connectivity index (χ2v) is 10.8. The monoisotopic (exact) mass is 552 g/mol. The van der Waals surface area contributed by atoms with Crippen molar-refractivity contribution >= 4 is 23.5 Å². The first-order chi connectivity index (χ1) is 18.9. The van der Waals surface area contributed by atoms with Gasteiger partial charge in [0.2, 0.25) is 17.7 Å². The second-order valence-electron chi connectivity index (χ2n) is 10.4. The SMILES string of the molecule is CC(=O)NCC1CCN(Cc2cc(Oc3cnc(N4CCCCC4)nc3)nc(-c3cc(F)cc(Cl)c3)c2)CC1. The zero-order chi connectivity index (χ0) is 27.2. The van der Waals surface area contributed by atoms with Crippen molar-refractivity contribution in [1.82, 2.24) is 25.2 Å². The molecule has 2 aliphatic heterocycles. The molecule has 1 N–H and O–H groups in total. The molecule has 0 radical (unpaired) electrons. The number of benzene rings is 1. The molecule has 1 amide bonds. The molecule has 0 bridgehead atoms. The number of carbonyl (C=O) groups excluding carboxylic acids is 1. The number of halogens is 2. The van der Waals surface area contributed by atoms with Crippen molar-refractivity contribution in [3.8, 4) is 22.9 Å². The number of ether oxygens (including phenoxy) is 1.